The first kappa shape index (κ1) is 14.3. The van der Waals surface area contributed by atoms with Crippen LogP contribution < -0.4 is 5.32 Å². The topological polar surface area (TPSA) is 52.6 Å². The quantitative estimate of drug-likeness (QED) is 0.783. The van der Waals surface area contributed by atoms with Gasteiger partial charge in [-0.05, 0) is 63.3 Å². The van der Waals surface area contributed by atoms with E-state index >= 15 is 0 Å². The molecule has 0 aromatic carbocycles. The number of hydrogen-bond donors (Lipinski definition) is 2. The Morgan fingerprint density at radius 3 is 2.35 bits per heavy atom. The molecule has 2 N–H and O–H groups in total. The van der Waals surface area contributed by atoms with Gasteiger partial charge in [-0.1, -0.05) is 6.92 Å². The van der Waals surface area contributed by atoms with Crippen LogP contribution in [0.25, 0.3) is 0 Å². The van der Waals surface area contributed by atoms with E-state index in [1.165, 1.54) is 38.5 Å². The number of carbonyl (C=O) groups is 1. The van der Waals surface area contributed by atoms with Crippen LogP contribution in [0.4, 0.5) is 0 Å². The first-order valence-electron chi connectivity index (χ1n) is 8.32. The normalized spacial score (nSPS) is 32.3. The number of nitrogens with one attached hydrogen (secondary N) is 1. The molecule has 0 unspecified atom stereocenters. The van der Waals surface area contributed by atoms with Crippen LogP contribution in [-0.2, 0) is 4.79 Å². The Balaban J connectivity index is 1.36. The fourth-order valence-corrected chi connectivity index (χ4v) is 4.10. The van der Waals surface area contributed by atoms with Gasteiger partial charge in [-0.25, -0.2) is 0 Å². The highest BCUT2D eigenvalue weighted by Crippen LogP contribution is 2.56. The Hall–Kier alpha value is -0.610. The Bertz CT molecular complexity index is 351. The predicted molar refractivity (Wildman–Crippen MR) is 78.8 cm³/mol. The summed E-state index contributed by atoms with van der Waals surface area (Å²) < 4.78 is 0. The fraction of sp³-hybridized carbons (Fsp3) is 0.938. The monoisotopic (exact) mass is 280 g/mol. The lowest BCUT2D eigenvalue weighted by atomic mass is 9.80. The number of aliphatic carboxylic acids is 1. The second-order valence-corrected chi connectivity index (χ2v) is 7.22. The molecule has 3 aliphatic carbocycles. The standard InChI is InChI=1S/C16H28N2O2/c1-2-18(11-15(19)20)14-9-13(10-14)17-12-3-5-16(6-4-12)7-8-16/h12-14,17H,2-11H2,1H3,(H,19,20). The van der Waals surface area contributed by atoms with Gasteiger partial charge in [0.15, 0.2) is 0 Å². The van der Waals surface area contributed by atoms with Crippen LogP contribution in [0.5, 0.6) is 0 Å². The van der Waals surface area contributed by atoms with Crippen molar-refractivity contribution < 1.29 is 9.90 Å². The predicted octanol–water partition coefficient (Wildman–Crippen LogP) is 2.24. The van der Waals surface area contributed by atoms with Crippen LogP contribution in [0.15, 0.2) is 0 Å². The Kier molecular flexibility index (Phi) is 4.04. The molecule has 0 amide bonds. The lowest BCUT2D eigenvalue weighted by Gasteiger charge is -2.44. The summed E-state index contributed by atoms with van der Waals surface area (Å²) in [7, 11) is 0. The van der Waals surface area contributed by atoms with Gasteiger partial charge in [0.2, 0.25) is 0 Å². The molecule has 3 saturated carbocycles. The maximum Gasteiger partial charge on any atom is 0.317 e. The van der Waals surface area contributed by atoms with E-state index in [2.05, 4.69) is 17.1 Å². The lowest BCUT2D eigenvalue weighted by Crippen LogP contribution is -2.56. The molecular weight excluding hydrogens is 252 g/mol. The van der Waals surface area contributed by atoms with Crippen molar-refractivity contribution in [3.05, 3.63) is 0 Å². The molecule has 0 aliphatic heterocycles. The van der Waals surface area contributed by atoms with Crippen LogP contribution in [0.3, 0.4) is 0 Å². The van der Waals surface area contributed by atoms with Gasteiger partial charge in [-0.15, -0.1) is 0 Å². The maximum atomic E-state index is 10.8. The van der Waals surface area contributed by atoms with Gasteiger partial charge in [0, 0.05) is 18.1 Å². The average molecular weight is 280 g/mol. The first-order valence-corrected chi connectivity index (χ1v) is 8.32. The van der Waals surface area contributed by atoms with E-state index < -0.39 is 5.97 Å². The highest BCUT2D eigenvalue weighted by atomic mass is 16.4. The van der Waals surface area contributed by atoms with Gasteiger partial charge in [-0.3, -0.25) is 9.69 Å². The fourth-order valence-electron chi connectivity index (χ4n) is 4.10. The Morgan fingerprint density at radius 1 is 1.20 bits per heavy atom. The zero-order valence-corrected chi connectivity index (χ0v) is 12.6. The SMILES string of the molecule is CCN(CC(=O)O)C1CC(NC2CCC3(CC2)CC3)C1. The third-order valence-electron chi connectivity index (χ3n) is 5.85. The summed E-state index contributed by atoms with van der Waals surface area (Å²) in [4.78, 5) is 12.9. The van der Waals surface area contributed by atoms with Gasteiger partial charge < -0.3 is 10.4 Å². The van der Waals surface area contributed by atoms with Gasteiger partial charge in [0.1, 0.15) is 0 Å². The molecule has 0 radical (unpaired) electrons. The largest absolute Gasteiger partial charge is 0.480 e. The third-order valence-corrected chi connectivity index (χ3v) is 5.85. The zero-order chi connectivity index (χ0) is 14.2. The molecule has 114 valence electrons. The molecule has 20 heavy (non-hydrogen) atoms. The van der Waals surface area contributed by atoms with E-state index in [1.54, 1.807) is 0 Å². The molecule has 3 aliphatic rings. The van der Waals surface area contributed by atoms with E-state index in [0.29, 0.717) is 12.1 Å². The summed E-state index contributed by atoms with van der Waals surface area (Å²) in [5, 5.41) is 12.7. The zero-order valence-electron chi connectivity index (χ0n) is 12.6. The van der Waals surface area contributed by atoms with Crippen molar-refractivity contribution in [3.8, 4) is 0 Å². The number of hydrogen-bond acceptors (Lipinski definition) is 3. The molecule has 4 nitrogen and oxygen atoms in total. The number of carboxylic acid groups (broad SMARTS) is 1. The van der Waals surface area contributed by atoms with Gasteiger partial charge in [-0.2, -0.15) is 0 Å². The molecule has 3 fully saturated rings. The number of carboxylic acids is 1. The summed E-state index contributed by atoms with van der Waals surface area (Å²) in [5.74, 6) is -0.703. The van der Waals surface area contributed by atoms with E-state index in [-0.39, 0.29) is 6.54 Å². The van der Waals surface area contributed by atoms with Crippen molar-refractivity contribution in [2.75, 3.05) is 13.1 Å². The van der Waals surface area contributed by atoms with Crippen molar-refractivity contribution in [3.63, 3.8) is 0 Å². The van der Waals surface area contributed by atoms with Gasteiger partial charge in [0.05, 0.1) is 6.54 Å². The van der Waals surface area contributed by atoms with E-state index in [9.17, 15) is 4.79 Å². The third kappa shape index (κ3) is 3.17. The summed E-state index contributed by atoms with van der Waals surface area (Å²) in [6, 6.07) is 1.83. The lowest BCUT2D eigenvalue weighted by molar-refractivity contribution is -0.139. The van der Waals surface area contributed by atoms with E-state index in [1.807, 2.05) is 0 Å². The van der Waals surface area contributed by atoms with Gasteiger partial charge >= 0.3 is 5.97 Å². The average Bonchev–Trinajstić information content (AvgIpc) is 3.13. The highest BCUT2D eigenvalue weighted by molar-refractivity contribution is 5.69. The molecular formula is C16H28N2O2. The Labute approximate surface area is 121 Å². The molecule has 0 atom stereocenters. The summed E-state index contributed by atoms with van der Waals surface area (Å²) in [6.45, 7) is 3.09. The van der Waals surface area contributed by atoms with Gasteiger partial charge in [0.25, 0.3) is 0 Å². The molecule has 0 bridgehead atoms. The highest BCUT2D eigenvalue weighted by Gasteiger charge is 2.45. The van der Waals surface area contributed by atoms with Crippen molar-refractivity contribution in [1.29, 1.82) is 0 Å². The van der Waals surface area contributed by atoms with Crippen LogP contribution in [-0.4, -0.2) is 47.2 Å². The molecule has 4 heteroatoms. The Morgan fingerprint density at radius 2 is 1.85 bits per heavy atom. The van der Waals surface area contributed by atoms with Crippen LogP contribution in [0, 0.1) is 5.41 Å². The van der Waals surface area contributed by atoms with E-state index in [4.69, 9.17) is 5.11 Å². The van der Waals surface area contributed by atoms with Crippen LogP contribution in [0.1, 0.15) is 58.3 Å². The van der Waals surface area contributed by atoms with E-state index in [0.717, 1.165) is 30.8 Å². The maximum absolute atomic E-state index is 10.8. The summed E-state index contributed by atoms with van der Waals surface area (Å²) in [5.41, 5.74) is 0.779. The minimum atomic E-state index is -0.703. The molecule has 0 aromatic heterocycles. The summed E-state index contributed by atoms with van der Waals surface area (Å²) in [6.07, 6.45) is 10.8. The number of rotatable bonds is 6. The second kappa shape index (κ2) is 5.64. The van der Waals surface area contributed by atoms with Crippen molar-refractivity contribution in [2.45, 2.75) is 76.4 Å². The minimum absolute atomic E-state index is 0.194. The number of likely N-dealkylation sites (N-methyl/N-ethyl adjacent to an activating group) is 1. The summed E-state index contributed by atoms with van der Waals surface area (Å²) >= 11 is 0. The van der Waals surface area contributed by atoms with Crippen molar-refractivity contribution >= 4 is 5.97 Å². The minimum Gasteiger partial charge on any atom is -0.480 e. The molecule has 0 heterocycles. The second-order valence-electron chi connectivity index (χ2n) is 7.22. The van der Waals surface area contributed by atoms with Crippen molar-refractivity contribution in [1.82, 2.24) is 10.2 Å². The number of nitrogens with zero attached hydrogens (tertiary/aromatic N) is 1. The van der Waals surface area contributed by atoms with Crippen molar-refractivity contribution in [2.24, 2.45) is 5.41 Å². The van der Waals surface area contributed by atoms with Crippen LogP contribution in [0.2, 0.25) is 0 Å². The molecule has 0 saturated heterocycles. The molecule has 1 spiro atoms. The first-order chi connectivity index (χ1) is 9.60. The van der Waals surface area contributed by atoms with Crippen LogP contribution >= 0.6 is 0 Å². The molecule has 0 aromatic rings. The smallest absolute Gasteiger partial charge is 0.317 e. The molecule has 3 rings (SSSR count).